The van der Waals surface area contributed by atoms with Crippen LogP contribution in [0.5, 0.6) is 0 Å². The number of nitrogens with zero attached hydrogens (tertiary/aromatic N) is 3. The van der Waals surface area contributed by atoms with Gasteiger partial charge in [-0.3, -0.25) is 4.79 Å². The Morgan fingerprint density at radius 1 is 1.60 bits per heavy atom. The molecule has 4 N–H and O–H groups in total. The van der Waals surface area contributed by atoms with E-state index in [9.17, 15) is 4.79 Å². The first kappa shape index (κ1) is 13.8. The van der Waals surface area contributed by atoms with Crippen LogP contribution in [0.3, 0.4) is 0 Å². The zero-order valence-electron chi connectivity index (χ0n) is 10.9. The maximum absolute atomic E-state index is 11.6. The van der Waals surface area contributed by atoms with Crippen LogP contribution < -0.4 is 16.4 Å². The second-order valence-corrected chi connectivity index (χ2v) is 4.85. The molecule has 20 heavy (non-hydrogen) atoms. The molecule has 0 saturated heterocycles. The molecule has 0 aliphatic rings. The number of carbonyl (C=O) groups excluding carboxylic acids is 1. The molecule has 9 heteroatoms. The second-order valence-electron chi connectivity index (χ2n) is 3.83. The zero-order chi connectivity index (χ0) is 14.7. The molecule has 2 rings (SSSR count). The maximum atomic E-state index is 11.6. The minimum atomic E-state index is -0.328. The molecule has 0 bridgehead atoms. The summed E-state index contributed by atoms with van der Waals surface area (Å²) in [5, 5.41) is 18.7. The maximum Gasteiger partial charge on any atom is 0.263 e. The standard InChI is InChI=1S/C11H12N6O2S/c1-5-16-7(19-17-5)4-15-11-6(3-12)8(13)9(20-11)10(18)14-2/h15H,4,13H2,1-2H3,(H,14,18). The molecule has 2 aromatic heterocycles. The third-order valence-electron chi connectivity index (χ3n) is 2.46. The lowest BCUT2D eigenvalue weighted by Crippen LogP contribution is -2.17. The van der Waals surface area contributed by atoms with Crippen molar-refractivity contribution < 1.29 is 9.32 Å². The number of amides is 1. The number of rotatable bonds is 4. The van der Waals surface area contributed by atoms with Crippen molar-refractivity contribution in [3.05, 3.63) is 22.2 Å². The molecule has 0 radical (unpaired) electrons. The van der Waals surface area contributed by atoms with E-state index in [1.54, 1.807) is 6.92 Å². The summed E-state index contributed by atoms with van der Waals surface area (Å²) in [4.78, 5) is 16.0. The summed E-state index contributed by atoms with van der Waals surface area (Å²) in [5.74, 6) is 0.588. The molecular weight excluding hydrogens is 280 g/mol. The quantitative estimate of drug-likeness (QED) is 0.762. The predicted octanol–water partition coefficient (Wildman–Crippen LogP) is 0.865. The van der Waals surface area contributed by atoms with Crippen LogP contribution in [0.4, 0.5) is 10.7 Å². The van der Waals surface area contributed by atoms with Crippen molar-refractivity contribution in [2.24, 2.45) is 0 Å². The minimum Gasteiger partial charge on any atom is -0.396 e. The van der Waals surface area contributed by atoms with Gasteiger partial charge in [0, 0.05) is 7.05 Å². The van der Waals surface area contributed by atoms with E-state index in [4.69, 9.17) is 15.5 Å². The van der Waals surface area contributed by atoms with E-state index >= 15 is 0 Å². The van der Waals surface area contributed by atoms with Gasteiger partial charge in [-0.1, -0.05) is 5.16 Å². The van der Waals surface area contributed by atoms with Gasteiger partial charge in [0.25, 0.3) is 5.91 Å². The SMILES string of the molecule is CNC(=O)c1sc(NCc2nc(C)no2)c(C#N)c1N. The van der Waals surface area contributed by atoms with Gasteiger partial charge < -0.3 is 20.9 Å². The Kier molecular flexibility index (Phi) is 3.86. The van der Waals surface area contributed by atoms with Crippen molar-refractivity contribution >= 4 is 27.9 Å². The lowest BCUT2D eigenvalue weighted by Gasteiger charge is -1.99. The fourth-order valence-corrected chi connectivity index (χ4v) is 2.54. The van der Waals surface area contributed by atoms with E-state index in [-0.39, 0.29) is 23.7 Å². The topological polar surface area (TPSA) is 130 Å². The highest BCUT2D eigenvalue weighted by Crippen LogP contribution is 2.35. The zero-order valence-corrected chi connectivity index (χ0v) is 11.7. The van der Waals surface area contributed by atoms with Crippen molar-refractivity contribution in [1.82, 2.24) is 15.5 Å². The fraction of sp³-hybridized carbons (Fsp3) is 0.273. The molecule has 8 nitrogen and oxygen atoms in total. The highest BCUT2D eigenvalue weighted by Gasteiger charge is 2.20. The first-order valence-electron chi connectivity index (χ1n) is 5.64. The van der Waals surface area contributed by atoms with Gasteiger partial charge in [0.15, 0.2) is 5.82 Å². The molecule has 0 aliphatic carbocycles. The number of anilines is 2. The van der Waals surface area contributed by atoms with Crippen LogP contribution in [0.2, 0.25) is 0 Å². The monoisotopic (exact) mass is 292 g/mol. The summed E-state index contributed by atoms with van der Waals surface area (Å²) in [6, 6.07) is 1.98. The minimum absolute atomic E-state index is 0.168. The van der Waals surface area contributed by atoms with Gasteiger partial charge >= 0.3 is 0 Å². The summed E-state index contributed by atoms with van der Waals surface area (Å²) >= 11 is 1.11. The smallest absolute Gasteiger partial charge is 0.263 e. The number of hydrogen-bond acceptors (Lipinski definition) is 8. The Morgan fingerprint density at radius 3 is 2.90 bits per heavy atom. The number of nitriles is 1. The van der Waals surface area contributed by atoms with Gasteiger partial charge in [-0.15, -0.1) is 11.3 Å². The largest absolute Gasteiger partial charge is 0.396 e. The van der Waals surface area contributed by atoms with E-state index in [0.717, 1.165) is 11.3 Å². The summed E-state index contributed by atoms with van der Waals surface area (Å²) in [6.45, 7) is 1.96. The average molecular weight is 292 g/mol. The number of nitrogens with one attached hydrogen (secondary N) is 2. The number of nitrogens with two attached hydrogens (primary N) is 1. The van der Waals surface area contributed by atoms with E-state index in [2.05, 4.69) is 20.8 Å². The van der Waals surface area contributed by atoms with Crippen LogP contribution in [0.1, 0.15) is 27.0 Å². The van der Waals surface area contributed by atoms with Crippen LogP contribution in [-0.2, 0) is 6.54 Å². The normalized spacial score (nSPS) is 10.1. The highest BCUT2D eigenvalue weighted by atomic mass is 32.1. The van der Waals surface area contributed by atoms with E-state index in [1.807, 2.05) is 6.07 Å². The van der Waals surface area contributed by atoms with Crippen LogP contribution in [0, 0.1) is 18.3 Å². The van der Waals surface area contributed by atoms with Gasteiger partial charge in [-0.05, 0) is 6.92 Å². The third-order valence-corrected chi connectivity index (χ3v) is 3.62. The fourth-order valence-electron chi connectivity index (χ4n) is 1.53. The van der Waals surface area contributed by atoms with E-state index < -0.39 is 0 Å². The highest BCUT2D eigenvalue weighted by molar-refractivity contribution is 7.18. The molecule has 0 saturated carbocycles. The summed E-state index contributed by atoms with van der Waals surface area (Å²) in [7, 11) is 1.50. The van der Waals surface area contributed by atoms with E-state index in [0.29, 0.717) is 21.6 Å². The summed E-state index contributed by atoms with van der Waals surface area (Å²) in [6.07, 6.45) is 0. The molecule has 1 amide bonds. The second kappa shape index (κ2) is 5.58. The molecule has 0 spiro atoms. The number of hydrogen-bond donors (Lipinski definition) is 3. The Morgan fingerprint density at radius 2 is 2.35 bits per heavy atom. The van der Waals surface area contributed by atoms with Gasteiger partial charge in [0.05, 0.1) is 12.2 Å². The lowest BCUT2D eigenvalue weighted by atomic mass is 10.2. The van der Waals surface area contributed by atoms with Crippen molar-refractivity contribution in [1.29, 1.82) is 5.26 Å². The van der Waals surface area contributed by atoms with Crippen LogP contribution >= 0.6 is 11.3 Å². The molecule has 0 fully saturated rings. The van der Waals surface area contributed by atoms with Gasteiger partial charge in [0.1, 0.15) is 21.5 Å². The number of thiophene rings is 1. The molecule has 0 aromatic carbocycles. The number of aromatic nitrogens is 2. The number of carbonyl (C=O) groups is 1. The Bertz CT molecular complexity index is 684. The molecule has 0 atom stereocenters. The third kappa shape index (κ3) is 2.55. The first-order valence-corrected chi connectivity index (χ1v) is 6.46. The van der Waals surface area contributed by atoms with Gasteiger partial charge in [-0.25, -0.2) is 0 Å². The van der Waals surface area contributed by atoms with Crippen LogP contribution in [0.15, 0.2) is 4.52 Å². The first-order chi connectivity index (χ1) is 9.56. The van der Waals surface area contributed by atoms with Crippen molar-refractivity contribution in [3.8, 4) is 6.07 Å². The van der Waals surface area contributed by atoms with Gasteiger partial charge in [-0.2, -0.15) is 10.2 Å². The molecule has 0 unspecified atom stereocenters. The molecule has 104 valence electrons. The Hall–Kier alpha value is -2.60. The van der Waals surface area contributed by atoms with E-state index in [1.165, 1.54) is 7.05 Å². The van der Waals surface area contributed by atoms with Gasteiger partial charge in [0.2, 0.25) is 5.89 Å². The molecule has 0 aliphatic heterocycles. The molecular formula is C11H12N6O2S. The summed E-state index contributed by atoms with van der Waals surface area (Å²) < 4.78 is 4.95. The Balaban J connectivity index is 2.23. The summed E-state index contributed by atoms with van der Waals surface area (Å²) in [5.41, 5.74) is 6.21. The predicted molar refractivity (Wildman–Crippen MR) is 73.2 cm³/mol. The average Bonchev–Trinajstić information content (AvgIpc) is 2.99. The van der Waals surface area contributed by atoms with Crippen molar-refractivity contribution in [3.63, 3.8) is 0 Å². The molecule has 2 aromatic rings. The number of nitrogen functional groups attached to an aromatic ring is 1. The van der Waals surface area contributed by atoms with Crippen molar-refractivity contribution in [2.45, 2.75) is 13.5 Å². The van der Waals surface area contributed by atoms with Crippen LogP contribution in [0.25, 0.3) is 0 Å². The van der Waals surface area contributed by atoms with Crippen LogP contribution in [-0.4, -0.2) is 23.1 Å². The lowest BCUT2D eigenvalue weighted by molar-refractivity contribution is 0.0968. The Labute approximate surface area is 118 Å². The molecule has 2 heterocycles. The van der Waals surface area contributed by atoms with Crippen molar-refractivity contribution in [2.75, 3.05) is 18.1 Å². The number of aryl methyl sites for hydroxylation is 1.